The van der Waals surface area contributed by atoms with Gasteiger partial charge in [0.15, 0.2) is 0 Å². The first-order valence-electron chi connectivity index (χ1n) is 7.07. The van der Waals surface area contributed by atoms with Gasteiger partial charge in [-0.2, -0.15) is 0 Å². The van der Waals surface area contributed by atoms with Gasteiger partial charge in [-0.25, -0.2) is 0 Å². The molecule has 18 heavy (non-hydrogen) atoms. The highest BCUT2D eigenvalue weighted by atomic mass is 15.2. The maximum atomic E-state index is 4.28. The first-order valence-corrected chi connectivity index (χ1v) is 7.07. The molecule has 4 heterocycles. The largest absolute Gasteiger partial charge is 0.361 e. The average molecular weight is 241 g/mol. The quantitative estimate of drug-likeness (QED) is 0.832. The number of aromatic nitrogens is 2. The Labute approximate surface area is 107 Å². The molecule has 2 unspecified atom stereocenters. The van der Waals surface area contributed by atoms with Gasteiger partial charge in [0.2, 0.25) is 0 Å². The third kappa shape index (κ3) is 1.57. The number of hydrogen-bond acceptors (Lipinski definition) is 2. The summed E-state index contributed by atoms with van der Waals surface area (Å²) >= 11 is 0. The summed E-state index contributed by atoms with van der Waals surface area (Å²) in [5.74, 6) is 0.724. The SMILES string of the molecule is c1cc2[nH]cc(C3CCN4CCCC4C3)c2cn1. The van der Waals surface area contributed by atoms with Crippen LogP contribution in [-0.2, 0) is 0 Å². The van der Waals surface area contributed by atoms with E-state index in [1.165, 1.54) is 55.2 Å². The lowest BCUT2D eigenvalue weighted by atomic mass is 9.85. The Kier molecular flexibility index (Phi) is 2.40. The number of aromatic amines is 1. The van der Waals surface area contributed by atoms with Crippen molar-refractivity contribution in [1.82, 2.24) is 14.9 Å². The van der Waals surface area contributed by atoms with E-state index in [0.717, 1.165) is 12.0 Å². The highest BCUT2D eigenvalue weighted by Crippen LogP contribution is 2.38. The Bertz CT molecular complexity index is 560. The Morgan fingerprint density at radius 3 is 3.28 bits per heavy atom. The Hall–Kier alpha value is -1.35. The Balaban J connectivity index is 1.67. The van der Waals surface area contributed by atoms with Gasteiger partial charge in [0.25, 0.3) is 0 Å². The second-order valence-corrected chi connectivity index (χ2v) is 5.72. The molecule has 1 N–H and O–H groups in total. The van der Waals surface area contributed by atoms with Crippen LogP contribution in [0.3, 0.4) is 0 Å². The number of H-pyrrole nitrogens is 1. The van der Waals surface area contributed by atoms with E-state index in [9.17, 15) is 0 Å². The van der Waals surface area contributed by atoms with Crippen LogP contribution in [-0.4, -0.2) is 34.0 Å². The first-order chi connectivity index (χ1) is 8.92. The Morgan fingerprint density at radius 1 is 1.28 bits per heavy atom. The molecule has 0 bridgehead atoms. The fourth-order valence-electron chi connectivity index (χ4n) is 3.83. The molecular formula is C15H19N3. The zero-order valence-electron chi connectivity index (χ0n) is 10.6. The zero-order chi connectivity index (χ0) is 11.9. The van der Waals surface area contributed by atoms with Gasteiger partial charge in [0, 0.05) is 35.5 Å². The third-order valence-electron chi connectivity index (χ3n) is 4.78. The minimum atomic E-state index is 0.724. The van der Waals surface area contributed by atoms with Crippen LogP contribution in [0.5, 0.6) is 0 Å². The van der Waals surface area contributed by atoms with Gasteiger partial charge < -0.3 is 9.88 Å². The van der Waals surface area contributed by atoms with Crippen LogP contribution in [0.4, 0.5) is 0 Å². The predicted octanol–water partition coefficient (Wildman–Crippen LogP) is 2.90. The summed E-state index contributed by atoms with van der Waals surface area (Å²) in [6.45, 7) is 2.61. The van der Waals surface area contributed by atoms with Gasteiger partial charge in [-0.1, -0.05) is 0 Å². The maximum Gasteiger partial charge on any atom is 0.0487 e. The van der Waals surface area contributed by atoms with E-state index in [0.29, 0.717) is 0 Å². The fourth-order valence-corrected chi connectivity index (χ4v) is 3.83. The van der Waals surface area contributed by atoms with Gasteiger partial charge in [-0.05, 0) is 56.3 Å². The van der Waals surface area contributed by atoms with Crippen molar-refractivity contribution >= 4 is 10.9 Å². The molecule has 0 spiro atoms. The molecule has 2 aromatic rings. The van der Waals surface area contributed by atoms with E-state index in [1.807, 2.05) is 12.4 Å². The summed E-state index contributed by atoms with van der Waals surface area (Å²) in [4.78, 5) is 10.4. The van der Waals surface area contributed by atoms with Crippen molar-refractivity contribution in [3.05, 3.63) is 30.2 Å². The zero-order valence-corrected chi connectivity index (χ0v) is 10.6. The van der Waals surface area contributed by atoms with Crippen LogP contribution in [0.15, 0.2) is 24.7 Å². The number of rotatable bonds is 1. The molecule has 2 aliphatic heterocycles. The molecule has 3 heteroatoms. The molecule has 0 saturated carbocycles. The van der Waals surface area contributed by atoms with Gasteiger partial charge in [-0.15, -0.1) is 0 Å². The van der Waals surface area contributed by atoms with Crippen LogP contribution in [0.25, 0.3) is 10.9 Å². The van der Waals surface area contributed by atoms with Crippen molar-refractivity contribution in [2.75, 3.05) is 13.1 Å². The molecule has 2 atom stereocenters. The minimum Gasteiger partial charge on any atom is -0.361 e. The standard InChI is InChI=1S/C15H19N3/c1-2-12-8-11(4-7-18(12)6-1)13-10-17-15-3-5-16-9-14(13)15/h3,5,9-12,17H,1-2,4,6-8H2. The van der Waals surface area contributed by atoms with Crippen molar-refractivity contribution in [3.63, 3.8) is 0 Å². The normalized spacial score (nSPS) is 28.7. The van der Waals surface area contributed by atoms with Crippen molar-refractivity contribution in [3.8, 4) is 0 Å². The molecular weight excluding hydrogens is 222 g/mol. The topological polar surface area (TPSA) is 31.9 Å². The number of nitrogens with one attached hydrogen (secondary N) is 1. The van der Waals surface area contributed by atoms with Gasteiger partial charge in [0.1, 0.15) is 0 Å². The van der Waals surface area contributed by atoms with Crippen LogP contribution in [0.2, 0.25) is 0 Å². The average Bonchev–Trinajstić information content (AvgIpc) is 3.04. The van der Waals surface area contributed by atoms with Crippen molar-refractivity contribution in [2.45, 2.75) is 37.6 Å². The lowest BCUT2D eigenvalue weighted by Crippen LogP contribution is -2.37. The van der Waals surface area contributed by atoms with Crippen LogP contribution in [0.1, 0.15) is 37.2 Å². The van der Waals surface area contributed by atoms with Crippen LogP contribution in [0, 0.1) is 0 Å². The Morgan fingerprint density at radius 2 is 2.28 bits per heavy atom. The lowest BCUT2D eigenvalue weighted by molar-refractivity contribution is 0.181. The molecule has 2 saturated heterocycles. The molecule has 94 valence electrons. The van der Waals surface area contributed by atoms with E-state index in [2.05, 4.69) is 27.1 Å². The van der Waals surface area contributed by atoms with Crippen molar-refractivity contribution in [1.29, 1.82) is 0 Å². The highest BCUT2D eigenvalue weighted by Gasteiger charge is 2.32. The molecule has 0 radical (unpaired) electrons. The first kappa shape index (κ1) is 10.6. The molecule has 2 fully saturated rings. The number of hydrogen-bond donors (Lipinski definition) is 1. The van der Waals surface area contributed by atoms with Crippen LogP contribution >= 0.6 is 0 Å². The summed E-state index contributed by atoms with van der Waals surface area (Å²) in [6.07, 6.45) is 11.5. The van der Waals surface area contributed by atoms with Crippen LogP contribution < -0.4 is 0 Å². The monoisotopic (exact) mass is 241 g/mol. The lowest BCUT2D eigenvalue weighted by Gasteiger charge is -2.34. The van der Waals surface area contributed by atoms with E-state index < -0.39 is 0 Å². The molecule has 0 aromatic carbocycles. The summed E-state index contributed by atoms with van der Waals surface area (Å²) in [5, 5.41) is 1.33. The van der Waals surface area contributed by atoms with E-state index in [-0.39, 0.29) is 0 Å². The van der Waals surface area contributed by atoms with E-state index in [4.69, 9.17) is 0 Å². The molecule has 4 rings (SSSR count). The highest BCUT2D eigenvalue weighted by molar-refractivity contribution is 5.82. The van der Waals surface area contributed by atoms with Gasteiger partial charge in [0.05, 0.1) is 0 Å². The summed E-state index contributed by atoms with van der Waals surface area (Å²) in [6, 6.07) is 2.91. The maximum absolute atomic E-state index is 4.28. The predicted molar refractivity (Wildman–Crippen MR) is 72.7 cm³/mol. The van der Waals surface area contributed by atoms with Gasteiger partial charge in [-0.3, -0.25) is 4.98 Å². The van der Waals surface area contributed by atoms with Crippen molar-refractivity contribution in [2.24, 2.45) is 0 Å². The second kappa shape index (κ2) is 4.09. The minimum absolute atomic E-state index is 0.724. The summed E-state index contributed by atoms with van der Waals surface area (Å²) in [5.41, 5.74) is 2.72. The third-order valence-corrected chi connectivity index (χ3v) is 4.78. The number of piperidine rings is 1. The van der Waals surface area contributed by atoms with E-state index >= 15 is 0 Å². The summed E-state index contributed by atoms with van der Waals surface area (Å²) < 4.78 is 0. The van der Waals surface area contributed by atoms with Crippen molar-refractivity contribution < 1.29 is 0 Å². The smallest absolute Gasteiger partial charge is 0.0487 e. The molecule has 0 aliphatic carbocycles. The molecule has 2 aromatic heterocycles. The molecule has 3 nitrogen and oxygen atoms in total. The fraction of sp³-hybridized carbons (Fsp3) is 0.533. The number of pyridine rings is 1. The van der Waals surface area contributed by atoms with Gasteiger partial charge >= 0.3 is 0 Å². The molecule has 2 aliphatic rings. The number of fused-ring (bicyclic) bond motifs is 2. The molecule has 0 amide bonds. The van der Waals surface area contributed by atoms with E-state index in [1.54, 1.807) is 0 Å². The second-order valence-electron chi connectivity index (χ2n) is 5.72. The summed E-state index contributed by atoms with van der Waals surface area (Å²) in [7, 11) is 0. The number of nitrogens with zero attached hydrogens (tertiary/aromatic N) is 2.